The SMILES string of the molecule is CNC(=O)c1ccc(-c2cc3nc(C(C)(C)C)n(-c4cc(N5CC(C)(O)C5)c5c(c4)n(C)c(=O)n5C)c3cc2C(F)F)cc1F. The van der Waals surface area contributed by atoms with Gasteiger partial charge >= 0.3 is 5.69 Å². The molecule has 6 rings (SSSR count). The number of carbonyl (C=O) groups excluding carboxylic acids is 1. The number of aliphatic hydroxyl groups is 1. The van der Waals surface area contributed by atoms with E-state index < -0.39 is 29.2 Å². The van der Waals surface area contributed by atoms with Gasteiger partial charge in [0.2, 0.25) is 0 Å². The zero-order valence-electron chi connectivity index (χ0n) is 26.2. The Labute approximate surface area is 257 Å². The van der Waals surface area contributed by atoms with Crippen LogP contribution in [0.4, 0.5) is 18.9 Å². The highest BCUT2D eigenvalue weighted by molar-refractivity contribution is 5.96. The summed E-state index contributed by atoms with van der Waals surface area (Å²) in [7, 11) is 4.75. The predicted octanol–water partition coefficient (Wildman–Crippen LogP) is 5.19. The number of aryl methyl sites for hydroxylation is 2. The standard InChI is InChI=1S/C33H35F3N6O3/c1-32(2,3)30-38-23-13-20(17-8-9-19(22(34)10-17)29(43)37-5)21(28(35)36)14-24(23)42(30)18-11-25-27(40(7)31(44)39(25)6)26(12-18)41-15-33(4,45)16-41/h8-14,28,45H,15-16H2,1-7H3,(H,37,43). The summed E-state index contributed by atoms with van der Waals surface area (Å²) in [6, 6.07) is 10.5. The third-order valence-corrected chi connectivity index (χ3v) is 8.47. The van der Waals surface area contributed by atoms with E-state index in [1.165, 1.54) is 35.9 Å². The van der Waals surface area contributed by atoms with Gasteiger partial charge in [0, 0.05) is 45.2 Å². The maximum absolute atomic E-state index is 14.9. The van der Waals surface area contributed by atoms with Crippen molar-refractivity contribution in [2.45, 2.75) is 45.1 Å². The number of carbonyl (C=O) groups is 1. The van der Waals surface area contributed by atoms with E-state index in [4.69, 9.17) is 4.98 Å². The van der Waals surface area contributed by atoms with Crippen molar-refractivity contribution < 1.29 is 23.1 Å². The van der Waals surface area contributed by atoms with E-state index in [2.05, 4.69) is 5.32 Å². The summed E-state index contributed by atoms with van der Waals surface area (Å²) in [5.41, 5.74) is 1.68. The zero-order valence-corrected chi connectivity index (χ0v) is 26.2. The van der Waals surface area contributed by atoms with Gasteiger partial charge in [0.05, 0.1) is 44.6 Å². The van der Waals surface area contributed by atoms with Crippen molar-refractivity contribution >= 4 is 33.7 Å². The van der Waals surface area contributed by atoms with Crippen LogP contribution in [0.5, 0.6) is 0 Å². The summed E-state index contributed by atoms with van der Waals surface area (Å²) >= 11 is 0. The molecular formula is C33H35F3N6O3. The van der Waals surface area contributed by atoms with Crippen LogP contribution in [0.25, 0.3) is 38.9 Å². The van der Waals surface area contributed by atoms with Crippen LogP contribution in [0.3, 0.4) is 0 Å². The largest absolute Gasteiger partial charge is 0.386 e. The number of halogens is 3. The lowest BCUT2D eigenvalue weighted by Gasteiger charge is -2.46. The second-order valence-corrected chi connectivity index (χ2v) is 13.1. The van der Waals surface area contributed by atoms with Crippen LogP contribution in [0.15, 0.2) is 47.3 Å². The molecule has 1 aliphatic rings. The van der Waals surface area contributed by atoms with Gasteiger partial charge in [-0.05, 0) is 54.4 Å². The molecule has 0 bridgehead atoms. The molecule has 3 aromatic carbocycles. The summed E-state index contributed by atoms with van der Waals surface area (Å²) < 4.78 is 49.3. The van der Waals surface area contributed by atoms with Crippen molar-refractivity contribution in [2.75, 3.05) is 25.0 Å². The first kappa shape index (κ1) is 30.4. The van der Waals surface area contributed by atoms with E-state index in [1.54, 1.807) is 25.6 Å². The quantitative estimate of drug-likeness (QED) is 0.282. The average molecular weight is 621 g/mol. The predicted molar refractivity (Wildman–Crippen MR) is 168 cm³/mol. The Bertz CT molecular complexity index is 2080. The highest BCUT2D eigenvalue weighted by Gasteiger charge is 2.38. The van der Waals surface area contributed by atoms with Gasteiger partial charge in [0.15, 0.2) is 0 Å². The molecule has 0 radical (unpaired) electrons. The summed E-state index contributed by atoms with van der Waals surface area (Å²) in [5, 5.41) is 12.9. The maximum Gasteiger partial charge on any atom is 0.328 e. The van der Waals surface area contributed by atoms with E-state index in [-0.39, 0.29) is 27.9 Å². The minimum atomic E-state index is -2.90. The Balaban J connectivity index is 1.64. The van der Waals surface area contributed by atoms with Crippen molar-refractivity contribution in [3.63, 3.8) is 0 Å². The Morgan fingerprint density at radius 1 is 1.04 bits per heavy atom. The van der Waals surface area contributed by atoms with Gasteiger partial charge in [0.1, 0.15) is 11.6 Å². The summed E-state index contributed by atoms with van der Waals surface area (Å²) in [5.74, 6) is -0.851. The van der Waals surface area contributed by atoms with E-state index in [1.807, 2.05) is 42.4 Å². The monoisotopic (exact) mass is 620 g/mol. The van der Waals surface area contributed by atoms with Crippen molar-refractivity contribution in [3.8, 4) is 16.8 Å². The minimum absolute atomic E-state index is 0.106. The second kappa shape index (κ2) is 10.2. The van der Waals surface area contributed by atoms with Crippen LogP contribution in [0.1, 0.15) is 55.9 Å². The molecule has 1 aliphatic heterocycles. The van der Waals surface area contributed by atoms with Gasteiger partial charge < -0.3 is 15.3 Å². The molecule has 45 heavy (non-hydrogen) atoms. The topological polar surface area (TPSA) is 97.3 Å². The van der Waals surface area contributed by atoms with Gasteiger partial charge in [-0.3, -0.25) is 18.5 Å². The Kier molecular flexibility index (Phi) is 6.92. The van der Waals surface area contributed by atoms with Crippen LogP contribution in [-0.4, -0.2) is 55.4 Å². The number of imidazole rings is 2. The van der Waals surface area contributed by atoms with Gasteiger partial charge in [-0.25, -0.2) is 22.9 Å². The minimum Gasteiger partial charge on any atom is -0.386 e. The van der Waals surface area contributed by atoms with E-state index in [0.717, 1.165) is 11.8 Å². The number of alkyl halides is 2. The van der Waals surface area contributed by atoms with Gasteiger partial charge in [-0.1, -0.05) is 26.8 Å². The summed E-state index contributed by atoms with van der Waals surface area (Å²) in [6.07, 6.45) is -2.90. The molecule has 2 N–H and O–H groups in total. The lowest BCUT2D eigenvalue weighted by atomic mass is 9.94. The van der Waals surface area contributed by atoms with Gasteiger partial charge in [0.25, 0.3) is 12.3 Å². The third-order valence-electron chi connectivity index (χ3n) is 8.47. The summed E-state index contributed by atoms with van der Waals surface area (Å²) in [6.45, 7) is 8.38. The number of aromatic nitrogens is 4. The molecule has 0 unspecified atom stereocenters. The highest BCUT2D eigenvalue weighted by Crippen LogP contribution is 2.41. The second-order valence-electron chi connectivity index (χ2n) is 13.1. The first-order chi connectivity index (χ1) is 21.0. The summed E-state index contributed by atoms with van der Waals surface area (Å²) in [4.78, 5) is 32.0. The number of nitrogens with one attached hydrogen (secondary N) is 1. The van der Waals surface area contributed by atoms with Gasteiger partial charge in [-0.15, -0.1) is 0 Å². The van der Waals surface area contributed by atoms with Crippen LogP contribution in [0, 0.1) is 5.82 Å². The van der Waals surface area contributed by atoms with Crippen molar-refractivity contribution in [2.24, 2.45) is 14.1 Å². The normalized spacial score (nSPS) is 14.9. The third kappa shape index (κ3) is 4.87. The average Bonchev–Trinajstić information content (AvgIpc) is 3.45. The number of amides is 1. The molecule has 0 saturated carbocycles. The number of hydrogen-bond donors (Lipinski definition) is 2. The molecule has 3 heterocycles. The molecular weight excluding hydrogens is 585 g/mol. The lowest BCUT2D eigenvalue weighted by Crippen LogP contribution is -2.60. The smallest absolute Gasteiger partial charge is 0.328 e. The van der Waals surface area contributed by atoms with Crippen molar-refractivity contribution in [1.29, 1.82) is 0 Å². The molecule has 12 heteroatoms. The maximum atomic E-state index is 14.9. The van der Waals surface area contributed by atoms with Crippen molar-refractivity contribution in [3.05, 3.63) is 75.7 Å². The van der Waals surface area contributed by atoms with E-state index in [0.29, 0.717) is 46.7 Å². The molecule has 0 spiro atoms. The Morgan fingerprint density at radius 3 is 2.31 bits per heavy atom. The number of hydrogen-bond acceptors (Lipinski definition) is 5. The number of nitrogens with zero attached hydrogens (tertiary/aromatic N) is 5. The molecule has 5 aromatic rings. The molecule has 1 saturated heterocycles. The first-order valence-electron chi connectivity index (χ1n) is 14.6. The Morgan fingerprint density at radius 2 is 1.73 bits per heavy atom. The first-order valence-corrected chi connectivity index (χ1v) is 14.6. The molecule has 236 valence electrons. The number of rotatable bonds is 5. The molecule has 0 aliphatic carbocycles. The molecule has 9 nitrogen and oxygen atoms in total. The fourth-order valence-electron chi connectivity index (χ4n) is 6.27. The fourth-order valence-corrected chi connectivity index (χ4v) is 6.27. The van der Waals surface area contributed by atoms with E-state index >= 15 is 0 Å². The lowest BCUT2D eigenvalue weighted by molar-refractivity contribution is 0.0311. The molecule has 1 amide bonds. The highest BCUT2D eigenvalue weighted by atomic mass is 19.3. The van der Waals surface area contributed by atoms with Crippen molar-refractivity contribution in [1.82, 2.24) is 24.0 Å². The Hall–Kier alpha value is -4.58. The fraction of sp³-hybridized carbons (Fsp3) is 0.364. The van der Waals surface area contributed by atoms with E-state index in [9.17, 15) is 27.9 Å². The van der Waals surface area contributed by atoms with Crippen LogP contribution < -0.4 is 15.9 Å². The number of benzene rings is 3. The zero-order chi connectivity index (χ0) is 32.7. The molecule has 2 aromatic heterocycles. The molecule has 0 atom stereocenters. The number of β-amino-alcohol motifs (C(OH)–C–C–N with tert-alkyl or cyclic N) is 1. The number of anilines is 1. The van der Waals surface area contributed by atoms with Crippen LogP contribution in [0.2, 0.25) is 0 Å². The molecule has 1 fully saturated rings. The number of fused-ring (bicyclic) bond motifs is 2. The van der Waals surface area contributed by atoms with Crippen LogP contribution in [-0.2, 0) is 19.5 Å². The van der Waals surface area contributed by atoms with Gasteiger partial charge in [-0.2, -0.15) is 0 Å². The van der Waals surface area contributed by atoms with Crippen LogP contribution >= 0.6 is 0 Å².